The number of carbonyl (C=O) groups excluding carboxylic acids is 1. The normalized spacial score (nSPS) is 11.3. The van der Waals surface area contributed by atoms with Crippen molar-refractivity contribution in [3.63, 3.8) is 0 Å². The van der Waals surface area contributed by atoms with Crippen molar-refractivity contribution in [2.45, 2.75) is 26.0 Å². The topological polar surface area (TPSA) is 58.4 Å². The van der Waals surface area contributed by atoms with Gasteiger partial charge in [-0.2, -0.15) is 5.10 Å². The number of aromatic nitrogens is 2. The zero-order valence-electron chi connectivity index (χ0n) is 15.0. The molecule has 0 unspecified atom stereocenters. The van der Waals surface area contributed by atoms with Crippen LogP contribution in [0.25, 0.3) is 5.69 Å². The Bertz CT molecular complexity index is 852. The third-order valence-corrected chi connectivity index (χ3v) is 3.94. The average Bonchev–Trinajstić information content (AvgIpc) is 3.15. The first kappa shape index (κ1) is 17.9. The Balaban J connectivity index is 1.88. The van der Waals surface area contributed by atoms with Crippen LogP contribution in [-0.2, 0) is 6.54 Å². The molecular weight excluding hydrogens is 326 g/mol. The fourth-order valence-corrected chi connectivity index (χ4v) is 2.86. The summed E-state index contributed by atoms with van der Waals surface area (Å²) in [4.78, 5) is 14.8. The summed E-state index contributed by atoms with van der Waals surface area (Å²) in [7, 11) is 0. The van der Waals surface area contributed by atoms with Gasteiger partial charge in [0.25, 0.3) is 5.91 Å². The molecule has 0 atom stereocenters. The van der Waals surface area contributed by atoms with E-state index < -0.39 is 5.60 Å². The fourth-order valence-electron chi connectivity index (χ4n) is 2.86. The maximum Gasteiger partial charge on any atom is 0.254 e. The van der Waals surface area contributed by atoms with Crippen LogP contribution in [-0.4, -0.2) is 37.8 Å². The molecule has 0 saturated heterocycles. The van der Waals surface area contributed by atoms with Crippen LogP contribution in [0.1, 0.15) is 29.8 Å². The predicted molar refractivity (Wildman–Crippen MR) is 101 cm³/mol. The Morgan fingerprint density at radius 1 is 1.12 bits per heavy atom. The molecule has 5 heteroatoms. The third-order valence-electron chi connectivity index (χ3n) is 3.94. The number of nitrogens with zero attached hydrogens (tertiary/aromatic N) is 3. The standard InChI is InChI=1S/C21H23N3O2/c1-21(2,26)16-23(15-17-8-4-3-5-9-17)20(25)18-10-6-11-19(14-18)24-13-7-12-22-24/h3-14,26H,15-16H2,1-2H3. The number of aliphatic hydroxyl groups is 1. The van der Waals surface area contributed by atoms with Gasteiger partial charge in [-0.3, -0.25) is 4.79 Å². The largest absolute Gasteiger partial charge is 0.389 e. The second-order valence-electron chi connectivity index (χ2n) is 6.96. The fraction of sp³-hybridized carbons (Fsp3) is 0.238. The second-order valence-corrected chi connectivity index (χ2v) is 6.96. The van der Waals surface area contributed by atoms with Gasteiger partial charge in [-0.15, -0.1) is 0 Å². The van der Waals surface area contributed by atoms with E-state index in [2.05, 4.69) is 5.10 Å². The summed E-state index contributed by atoms with van der Waals surface area (Å²) in [5.74, 6) is -0.120. The van der Waals surface area contributed by atoms with E-state index in [1.165, 1.54) is 0 Å². The minimum absolute atomic E-state index is 0.120. The number of carbonyl (C=O) groups is 1. The number of benzene rings is 2. The molecule has 1 N–H and O–H groups in total. The van der Waals surface area contributed by atoms with Crippen molar-refractivity contribution >= 4 is 5.91 Å². The van der Waals surface area contributed by atoms with Crippen LogP contribution in [0, 0.1) is 0 Å². The van der Waals surface area contributed by atoms with E-state index in [0.29, 0.717) is 12.1 Å². The van der Waals surface area contributed by atoms with Crippen LogP contribution in [0.3, 0.4) is 0 Å². The molecule has 0 aliphatic carbocycles. The molecule has 5 nitrogen and oxygen atoms in total. The lowest BCUT2D eigenvalue weighted by Crippen LogP contribution is -2.41. The molecule has 0 aliphatic rings. The molecular formula is C21H23N3O2. The lowest BCUT2D eigenvalue weighted by molar-refractivity contribution is 0.0280. The van der Waals surface area contributed by atoms with Gasteiger partial charge in [-0.05, 0) is 43.7 Å². The van der Waals surface area contributed by atoms with E-state index in [4.69, 9.17) is 0 Å². The van der Waals surface area contributed by atoms with Crippen LogP contribution in [0.4, 0.5) is 0 Å². The summed E-state index contributed by atoms with van der Waals surface area (Å²) >= 11 is 0. The highest BCUT2D eigenvalue weighted by atomic mass is 16.3. The highest BCUT2D eigenvalue weighted by Crippen LogP contribution is 2.16. The summed E-state index contributed by atoms with van der Waals surface area (Å²) in [5.41, 5.74) is 1.43. The SMILES string of the molecule is CC(C)(O)CN(Cc1ccccc1)C(=O)c1cccc(-n2cccn2)c1. The molecule has 134 valence electrons. The quantitative estimate of drug-likeness (QED) is 0.743. The summed E-state index contributed by atoms with van der Waals surface area (Å²) < 4.78 is 1.72. The smallest absolute Gasteiger partial charge is 0.254 e. The van der Waals surface area contributed by atoms with Crippen molar-refractivity contribution in [3.05, 3.63) is 84.2 Å². The van der Waals surface area contributed by atoms with Gasteiger partial charge in [0.05, 0.1) is 11.3 Å². The lowest BCUT2D eigenvalue weighted by atomic mass is 10.1. The predicted octanol–water partition coefficient (Wildman–Crippen LogP) is 3.29. The minimum Gasteiger partial charge on any atom is -0.389 e. The molecule has 0 fully saturated rings. The van der Waals surface area contributed by atoms with Gasteiger partial charge >= 0.3 is 0 Å². The van der Waals surface area contributed by atoms with Gasteiger partial charge in [0.1, 0.15) is 0 Å². The van der Waals surface area contributed by atoms with Gasteiger partial charge in [-0.25, -0.2) is 4.68 Å². The molecule has 1 amide bonds. The van der Waals surface area contributed by atoms with Crippen LogP contribution in [0.15, 0.2) is 73.1 Å². The monoisotopic (exact) mass is 349 g/mol. The summed E-state index contributed by atoms with van der Waals surface area (Å²) in [5, 5.41) is 14.5. The second kappa shape index (κ2) is 7.54. The molecule has 3 aromatic rings. The van der Waals surface area contributed by atoms with E-state index >= 15 is 0 Å². The third kappa shape index (κ3) is 4.58. The number of rotatable bonds is 6. The Hall–Kier alpha value is -2.92. The zero-order valence-corrected chi connectivity index (χ0v) is 15.0. The Kier molecular flexibility index (Phi) is 5.19. The molecule has 0 aliphatic heterocycles. The van der Waals surface area contributed by atoms with Crippen LogP contribution in [0.5, 0.6) is 0 Å². The van der Waals surface area contributed by atoms with E-state index in [9.17, 15) is 9.90 Å². The van der Waals surface area contributed by atoms with Crippen molar-refractivity contribution in [2.24, 2.45) is 0 Å². The van der Waals surface area contributed by atoms with E-state index in [1.54, 1.807) is 35.7 Å². The number of hydrogen-bond donors (Lipinski definition) is 1. The van der Waals surface area contributed by atoms with Crippen LogP contribution >= 0.6 is 0 Å². The first-order valence-corrected chi connectivity index (χ1v) is 8.58. The summed E-state index contributed by atoms with van der Waals surface area (Å²) in [6.45, 7) is 4.10. The van der Waals surface area contributed by atoms with Crippen LogP contribution < -0.4 is 0 Å². The average molecular weight is 349 g/mol. The lowest BCUT2D eigenvalue weighted by Gasteiger charge is -2.29. The molecule has 3 rings (SSSR count). The van der Waals surface area contributed by atoms with Crippen molar-refractivity contribution in [1.82, 2.24) is 14.7 Å². The molecule has 1 aromatic heterocycles. The maximum atomic E-state index is 13.1. The minimum atomic E-state index is -0.982. The molecule has 1 heterocycles. The van der Waals surface area contributed by atoms with Crippen LogP contribution in [0.2, 0.25) is 0 Å². The van der Waals surface area contributed by atoms with E-state index in [0.717, 1.165) is 11.3 Å². The highest BCUT2D eigenvalue weighted by molar-refractivity contribution is 5.94. The number of hydrogen-bond acceptors (Lipinski definition) is 3. The van der Waals surface area contributed by atoms with E-state index in [1.807, 2.05) is 60.8 Å². The molecule has 26 heavy (non-hydrogen) atoms. The van der Waals surface area contributed by atoms with Gasteiger partial charge in [-0.1, -0.05) is 36.4 Å². The Morgan fingerprint density at radius 3 is 2.54 bits per heavy atom. The summed E-state index contributed by atoms with van der Waals surface area (Å²) in [6, 6.07) is 19.0. The number of amides is 1. The van der Waals surface area contributed by atoms with Crippen molar-refractivity contribution in [2.75, 3.05) is 6.54 Å². The maximum absolute atomic E-state index is 13.1. The van der Waals surface area contributed by atoms with Gasteiger partial charge in [0.2, 0.25) is 0 Å². The molecule has 0 bridgehead atoms. The molecule has 0 spiro atoms. The zero-order chi connectivity index (χ0) is 18.6. The van der Waals surface area contributed by atoms with E-state index in [-0.39, 0.29) is 12.5 Å². The van der Waals surface area contributed by atoms with Gasteiger partial charge in [0, 0.05) is 31.0 Å². The van der Waals surface area contributed by atoms with Crippen molar-refractivity contribution < 1.29 is 9.90 Å². The first-order chi connectivity index (χ1) is 12.4. The molecule has 2 aromatic carbocycles. The Labute approximate surface area is 153 Å². The Morgan fingerprint density at radius 2 is 1.88 bits per heavy atom. The molecule has 0 saturated carbocycles. The van der Waals surface area contributed by atoms with Crippen molar-refractivity contribution in [1.29, 1.82) is 0 Å². The highest BCUT2D eigenvalue weighted by Gasteiger charge is 2.24. The summed E-state index contributed by atoms with van der Waals surface area (Å²) in [6.07, 6.45) is 3.53. The van der Waals surface area contributed by atoms with Crippen molar-refractivity contribution in [3.8, 4) is 5.69 Å². The first-order valence-electron chi connectivity index (χ1n) is 8.58. The van der Waals surface area contributed by atoms with Gasteiger partial charge in [0.15, 0.2) is 0 Å². The van der Waals surface area contributed by atoms with Gasteiger partial charge < -0.3 is 10.0 Å². The molecule has 0 radical (unpaired) electrons.